The lowest BCUT2D eigenvalue weighted by Gasteiger charge is -2.15. The predicted molar refractivity (Wildman–Crippen MR) is 121 cm³/mol. The van der Waals surface area contributed by atoms with Crippen molar-refractivity contribution in [2.75, 3.05) is 32.6 Å². The molecule has 2 aromatic rings. The Morgan fingerprint density at radius 2 is 2.00 bits per heavy atom. The Labute approximate surface area is 178 Å². The molecule has 0 saturated heterocycles. The summed E-state index contributed by atoms with van der Waals surface area (Å²) in [6.45, 7) is 8.29. The Kier molecular flexibility index (Phi) is 9.98. The number of nitrogens with one attached hydrogen (secondary N) is 2. The molecule has 0 unspecified atom stereocenters. The van der Waals surface area contributed by atoms with Crippen molar-refractivity contribution in [3.8, 4) is 11.5 Å². The number of halogens is 1. The van der Waals surface area contributed by atoms with E-state index in [4.69, 9.17) is 9.47 Å². The monoisotopic (exact) mass is 487 g/mol. The number of aromatic nitrogens is 2. The van der Waals surface area contributed by atoms with Gasteiger partial charge in [-0.05, 0) is 45.4 Å². The largest absolute Gasteiger partial charge is 0.493 e. The summed E-state index contributed by atoms with van der Waals surface area (Å²) in [5.41, 5.74) is 3.13. The number of benzene rings is 1. The Bertz CT molecular complexity index is 746. The van der Waals surface area contributed by atoms with Crippen molar-refractivity contribution in [1.82, 2.24) is 15.1 Å². The maximum Gasteiger partial charge on any atom is 0.195 e. The first-order valence-electron chi connectivity index (χ1n) is 8.87. The SMILES string of the molecule is CCOc1cc(NC(=NC)NCCCn2nc(C)cc2C)ccc1OC.I. The van der Waals surface area contributed by atoms with Crippen molar-refractivity contribution in [2.24, 2.45) is 4.99 Å². The van der Waals surface area contributed by atoms with Crippen molar-refractivity contribution in [1.29, 1.82) is 0 Å². The Balaban J connectivity index is 0.00000364. The Morgan fingerprint density at radius 1 is 1.22 bits per heavy atom. The van der Waals surface area contributed by atoms with Crippen molar-refractivity contribution >= 4 is 35.6 Å². The highest BCUT2D eigenvalue weighted by atomic mass is 127. The first-order chi connectivity index (χ1) is 12.6. The molecule has 0 radical (unpaired) electrons. The van der Waals surface area contributed by atoms with Crippen LogP contribution in [0.4, 0.5) is 5.69 Å². The third-order valence-corrected chi connectivity index (χ3v) is 3.89. The summed E-state index contributed by atoms with van der Waals surface area (Å²) in [6.07, 6.45) is 0.954. The molecule has 150 valence electrons. The van der Waals surface area contributed by atoms with Gasteiger partial charge >= 0.3 is 0 Å². The van der Waals surface area contributed by atoms with Gasteiger partial charge < -0.3 is 20.1 Å². The summed E-state index contributed by atoms with van der Waals surface area (Å²) in [5, 5.41) is 11.1. The number of guanidine groups is 1. The van der Waals surface area contributed by atoms with Gasteiger partial charge in [-0.3, -0.25) is 9.67 Å². The van der Waals surface area contributed by atoms with E-state index in [-0.39, 0.29) is 24.0 Å². The van der Waals surface area contributed by atoms with Crippen molar-refractivity contribution in [2.45, 2.75) is 33.7 Å². The van der Waals surface area contributed by atoms with Gasteiger partial charge in [0.1, 0.15) is 0 Å². The number of nitrogens with zero attached hydrogens (tertiary/aromatic N) is 3. The van der Waals surface area contributed by atoms with E-state index >= 15 is 0 Å². The van der Waals surface area contributed by atoms with Crippen LogP contribution in [0, 0.1) is 13.8 Å². The summed E-state index contributed by atoms with van der Waals surface area (Å²) in [7, 11) is 3.39. The second-order valence-corrected chi connectivity index (χ2v) is 5.93. The molecule has 27 heavy (non-hydrogen) atoms. The summed E-state index contributed by atoms with van der Waals surface area (Å²) < 4.78 is 13.0. The van der Waals surface area contributed by atoms with E-state index in [9.17, 15) is 0 Å². The highest BCUT2D eigenvalue weighted by Crippen LogP contribution is 2.30. The van der Waals surface area contributed by atoms with Gasteiger partial charge in [0.15, 0.2) is 17.5 Å². The van der Waals surface area contributed by atoms with Gasteiger partial charge in [0, 0.05) is 37.6 Å². The lowest BCUT2D eigenvalue weighted by molar-refractivity contribution is 0.311. The zero-order valence-corrected chi connectivity index (χ0v) is 19.0. The van der Waals surface area contributed by atoms with E-state index in [0.717, 1.165) is 30.9 Å². The number of rotatable bonds is 8. The van der Waals surface area contributed by atoms with Crippen LogP contribution in [-0.2, 0) is 6.54 Å². The molecule has 2 rings (SSSR count). The van der Waals surface area contributed by atoms with E-state index < -0.39 is 0 Å². The van der Waals surface area contributed by atoms with E-state index in [1.54, 1.807) is 14.2 Å². The van der Waals surface area contributed by atoms with Gasteiger partial charge in [-0.2, -0.15) is 5.10 Å². The molecule has 8 heteroatoms. The quantitative estimate of drug-likeness (QED) is 0.258. The van der Waals surface area contributed by atoms with Crippen LogP contribution in [0.1, 0.15) is 24.7 Å². The van der Waals surface area contributed by atoms with Gasteiger partial charge in [0.2, 0.25) is 0 Å². The van der Waals surface area contributed by atoms with E-state index in [0.29, 0.717) is 24.1 Å². The molecule has 7 nitrogen and oxygen atoms in total. The minimum absolute atomic E-state index is 0. The maximum atomic E-state index is 5.61. The number of aryl methyl sites for hydroxylation is 3. The second kappa shape index (κ2) is 11.7. The molecule has 1 heterocycles. The minimum atomic E-state index is 0. The van der Waals surface area contributed by atoms with Crippen molar-refractivity contribution < 1.29 is 9.47 Å². The van der Waals surface area contributed by atoms with E-state index in [2.05, 4.69) is 33.7 Å². The van der Waals surface area contributed by atoms with Crippen molar-refractivity contribution in [3.05, 3.63) is 35.7 Å². The molecule has 0 saturated carbocycles. The topological polar surface area (TPSA) is 72.7 Å². The third kappa shape index (κ3) is 6.93. The van der Waals surface area contributed by atoms with Crippen LogP contribution in [0.3, 0.4) is 0 Å². The molecule has 2 N–H and O–H groups in total. The Hall–Kier alpha value is -1.97. The van der Waals surface area contributed by atoms with Gasteiger partial charge in [-0.1, -0.05) is 0 Å². The van der Waals surface area contributed by atoms with Crippen LogP contribution in [0.2, 0.25) is 0 Å². The number of aliphatic imine (C=N–C) groups is 1. The van der Waals surface area contributed by atoms with E-state index in [1.165, 1.54) is 5.69 Å². The highest BCUT2D eigenvalue weighted by Gasteiger charge is 2.07. The third-order valence-electron chi connectivity index (χ3n) is 3.89. The van der Waals surface area contributed by atoms with Crippen LogP contribution >= 0.6 is 24.0 Å². The van der Waals surface area contributed by atoms with Crippen LogP contribution in [0.5, 0.6) is 11.5 Å². The van der Waals surface area contributed by atoms with Gasteiger partial charge in [0.05, 0.1) is 19.4 Å². The number of anilines is 1. The summed E-state index contributed by atoms with van der Waals surface area (Å²) in [5.74, 6) is 2.14. The lowest BCUT2D eigenvalue weighted by atomic mass is 10.2. The smallest absolute Gasteiger partial charge is 0.195 e. The molecule has 0 aliphatic heterocycles. The van der Waals surface area contributed by atoms with Gasteiger partial charge in [0.25, 0.3) is 0 Å². The lowest BCUT2D eigenvalue weighted by Crippen LogP contribution is -2.32. The number of methoxy groups -OCH3 is 1. The number of hydrogen-bond acceptors (Lipinski definition) is 4. The molecular formula is C19H30IN5O2. The molecule has 1 aromatic carbocycles. The molecular weight excluding hydrogens is 457 g/mol. The predicted octanol–water partition coefficient (Wildman–Crippen LogP) is 3.60. The first kappa shape index (κ1) is 23.1. The summed E-state index contributed by atoms with van der Waals surface area (Å²) in [6, 6.07) is 7.81. The fraction of sp³-hybridized carbons (Fsp3) is 0.474. The molecule has 0 atom stereocenters. The average molecular weight is 487 g/mol. The van der Waals surface area contributed by atoms with Crippen LogP contribution in [0.25, 0.3) is 0 Å². The molecule has 0 fully saturated rings. The molecule has 0 amide bonds. The maximum absolute atomic E-state index is 5.61. The van der Waals surface area contributed by atoms with Crippen molar-refractivity contribution in [3.63, 3.8) is 0 Å². The zero-order chi connectivity index (χ0) is 18.9. The normalized spacial score (nSPS) is 10.9. The molecule has 0 bridgehead atoms. The molecule has 0 aliphatic rings. The summed E-state index contributed by atoms with van der Waals surface area (Å²) in [4.78, 5) is 4.27. The average Bonchev–Trinajstić information content (AvgIpc) is 2.95. The summed E-state index contributed by atoms with van der Waals surface area (Å²) >= 11 is 0. The zero-order valence-electron chi connectivity index (χ0n) is 16.7. The fourth-order valence-electron chi connectivity index (χ4n) is 2.68. The minimum Gasteiger partial charge on any atom is -0.493 e. The molecule has 1 aromatic heterocycles. The van der Waals surface area contributed by atoms with Crippen LogP contribution in [-0.4, -0.2) is 43.0 Å². The number of hydrogen-bond donors (Lipinski definition) is 2. The van der Waals surface area contributed by atoms with E-state index in [1.807, 2.05) is 36.7 Å². The van der Waals surface area contributed by atoms with Crippen LogP contribution < -0.4 is 20.1 Å². The first-order valence-corrected chi connectivity index (χ1v) is 8.87. The second-order valence-electron chi connectivity index (χ2n) is 5.93. The molecule has 0 aliphatic carbocycles. The standard InChI is InChI=1S/C19H29N5O2.HI/c1-6-26-18-13-16(8-9-17(18)25-5)22-19(20-4)21-10-7-11-24-15(3)12-14(2)23-24;/h8-9,12-13H,6-7,10-11H2,1-5H3,(H2,20,21,22);1H. The van der Waals surface area contributed by atoms with Gasteiger partial charge in [-0.15, -0.1) is 24.0 Å². The molecule has 0 spiro atoms. The Morgan fingerprint density at radius 3 is 2.59 bits per heavy atom. The fourth-order valence-corrected chi connectivity index (χ4v) is 2.68. The highest BCUT2D eigenvalue weighted by molar-refractivity contribution is 14.0. The number of ether oxygens (including phenoxy) is 2. The van der Waals surface area contributed by atoms with Crippen LogP contribution in [0.15, 0.2) is 29.3 Å². The van der Waals surface area contributed by atoms with Gasteiger partial charge in [-0.25, -0.2) is 0 Å².